The fraction of sp³-hybridized carbons (Fsp3) is 0.882. The van der Waals surface area contributed by atoms with Crippen LogP contribution in [-0.4, -0.2) is 45.7 Å². The summed E-state index contributed by atoms with van der Waals surface area (Å²) in [6.07, 6.45) is 11.5. The van der Waals surface area contributed by atoms with Crippen molar-refractivity contribution >= 4 is 11.9 Å². The van der Waals surface area contributed by atoms with E-state index in [2.05, 4.69) is 53.0 Å². The summed E-state index contributed by atoms with van der Waals surface area (Å²) in [7, 11) is 0. The molecule has 0 radical (unpaired) electrons. The van der Waals surface area contributed by atoms with Gasteiger partial charge in [-0.3, -0.25) is 9.59 Å². The number of carboxylic acids is 1. The van der Waals surface area contributed by atoms with E-state index in [0.717, 1.165) is 32.2 Å². The molecule has 5 fully saturated rings. The van der Waals surface area contributed by atoms with Crippen LogP contribution in [0.4, 0.5) is 0 Å². The summed E-state index contributed by atoms with van der Waals surface area (Å²) in [4.78, 5) is 26.4. The maximum Gasteiger partial charge on any atom is 0.303 e. The molecule has 0 spiro atoms. The third-order valence-corrected chi connectivity index (χ3v) is 14.3. The summed E-state index contributed by atoms with van der Waals surface area (Å²) in [5, 5.41) is 19.8. The Kier molecular flexibility index (Phi) is 7.17. The van der Waals surface area contributed by atoms with E-state index in [1.165, 1.54) is 37.7 Å². The smallest absolute Gasteiger partial charge is 0.303 e. The molecule has 0 aromatic carbocycles. The van der Waals surface area contributed by atoms with Crippen molar-refractivity contribution in [2.45, 2.75) is 124 Å². The average Bonchev–Trinajstić information content (AvgIpc) is 3.24. The number of amides is 1. The van der Waals surface area contributed by atoms with Gasteiger partial charge in [0.25, 0.3) is 0 Å². The van der Waals surface area contributed by atoms with Crippen LogP contribution in [-0.2, 0) is 9.59 Å². The minimum Gasteiger partial charge on any atom is -0.481 e. The Labute approximate surface area is 237 Å². The third-order valence-electron chi connectivity index (χ3n) is 14.3. The number of carboxylic acid groups (broad SMARTS) is 1. The zero-order valence-corrected chi connectivity index (χ0v) is 25.7. The number of carbonyl (C=O) groups is 2. The summed E-state index contributed by atoms with van der Waals surface area (Å²) in [5.41, 5.74) is 1.91. The van der Waals surface area contributed by atoms with Crippen LogP contribution < -0.4 is 0 Å². The molecule has 220 valence electrons. The number of allylic oxidation sites excluding steroid dienone is 1. The molecule has 1 amide bonds. The van der Waals surface area contributed by atoms with Gasteiger partial charge in [-0.15, -0.1) is 0 Å². The van der Waals surface area contributed by atoms with E-state index in [0.29, 0.717) is 49.0 Å². The van der Waals surface area contributed by atoms with Gasteiger partial charge in [0.05, 0.1) is 0 Å². The van der Waals surface area contributed by atoms with Crippen molar-refractivity contribution in [3.8, 4) is 0 Å². The van der Waals surface area contributed by atoms with Crippen molar-refractivity contribution in [3.05, 3.63) is 12.2 Å². The Balaban J connectivity index is 1.43. The Hall–Kier alpha value is -1.36. The molecule has 4 aliphatic carbocycles. The zero-order valence-electron chi connectivity index (χ0n) is 25.7. The fourth-order valence-corrected chi connectivity index (χ4v) is 12.2. The standard InChI is InChI=1S/C34H55NO4/c1-22(2)23-13-16-34(21-36)18-17-32(6)24(29(23)34)11-12-26-31(5)19-20-35(27(37)9-8-10-28(38)39)30(3,4)25(31)14-15-33(26,32)7/h23-26,29,36H,1,8-21H2,2-7H3,(H,38,39)/t23-,24+,25?,26+,29+,31-,32+,33+,34+/m0/s1. The maximum atomic E-state index is 13.3. The van der Waals surface area contributed by atoms with Gasteiger partial charge in [-0.25, -0.2) is 0 Å². The second-order valence-electron chi connectivity index (χ2n) is 15.9. The highest BCUT2D eigenvalue weighted by atomic mass is 16.4. The summed E-state index contributed by atoms with van der Waals surface area (Å²) >= 11 is 0. The summed E-state index contributed by atoms with van der Waals surface area (Å²) < 4.78 is 0. The average molecular weight is 542 g/mol. The van der Waals surface area contributed by atoms with Crippen LogP contribution in [0.3, 0.4) is 0 Å². The Morgan fingerprint density at radius 3 is 2.23 bits per heavy atom. The molecule has 4 saturated carbocycles. The highest BCUT2D eigenvalue weighted by molar-refractivity contribution is 5.78. The van der Waals surface area contributed by atoms with Crippen LogP contribution in [0.1, 0.15) is 119 Å². The van der Waals surface area contributed by atoms with Gasteiger partial charge >= 0.3 is 5.97 Å². The number of fused-ring (bicyclic) bond motifs is 7. The van der Waals surface area contributed by atoms with Crippen molar-refractivity contribution in [1.29, 1.82) is 0 Å². The van der Waals surface area contributed by atoms with Gasteiger partial charge in [-0.2, -0.15) is 0 Å². The van der Waals surface area contributed by atoms with Crippen LogP contribution in [0.2, 0.25) is 0 Å². The number of aliphatic carboxylic acids is 1. The second kappa shape index (κ2) is 9.60. The second-order valence-corrected chi connectivity index (χ2v) is 15.9. The third kappa shape index (κ3) is 4.02. The largest absolute Gasteiger partial charge is 0.481 e. The Morgan fingerprint density at radius 2 is 1.59 bits per heavy atom. The summed E-state index contributed by atoms with van der Waals surface area (Å²) in [6.45, 7) is 20.2. The molecule has 0 bridgehead atoms. The lowest BCUT2D eigenvalue weighted by Crippen LogP contribution is -2.70. The number of piperidine rings is 1. The van der Waals surface area contributed by atoms with Gasteiger partial charge in [0.1, 0.15) is 0 Å². The number of hydrogen-bond acceptors (Lipinski definition) is 3. The number of aliphatic hydroxyl groups is 1. The van der Waals surface area contributed by atoms with Gasteiger partial charge in [0.15, 0.2) is 0 Å². The molecule has 1 saturated heterocycles. The fourth-order valence-electron chi connectivity index (χ4n) is 12.2. The highest BCUT2D eigenvalue weighted by Gasteiger charge is 2.70. The predicted octanol–water partition coefficient (Wildman–Crippen LogP) is 7.08. The predicted molar refractivity (Wildman–Crippen MR) is 155 cm³/mol. The molecule has 5 aliphatic rings. The van der Waals surface area contributed by atoms with Crippen LogP contribution in [0.5, 0.6) is 0 Å². The molecule has 39 heavy (non-hydrogen) atoms. The first-order valence-corrected chi connectivity index (χ1v) is 16.0. The zero-order chi connectivity index (χ0) is 28.6. The minimum absolute atomic E-state index is 0.0616. The maximum absolute atomic E-state index is 13.3. The molecule has 2 N–H and O–H groups in total. The van der Waals surface area contributed by atoms with Crippen molar-refractivity contribution in [3.63, 3.8) is 0 Å². The van der Waals surface area contributed by atoms with E-state index < -0.39 is 5.97 Å². The van der Waals surface area contributed by atoms with E-state index in [-0.39, 0.29) is 39.5 Å². The molecule has 1 heterocycles. The molecule has 9 atom stereocenters. The quantitative estimate of drug-likeness (QED) is 0.352. The van der Waals surface area contributed by atoms with Crippen molar-refractivity contribution < 1.29 is 19.8 Å². The summed E-state index contributed by atoms with van der Waals surface area (Å²) in [5.74, 6) is 2.15. The van der Waals surface area contributed by atoms with Gasteiger partial charge in [0, 0.05) is 31.5 Å². The van der Waals surface area contributed by atoms with Gasteiger partial charge in [-0.1, -0.05) is 32.9 Å². The lowest BCUT2D eigenvalue weighted by atomic mass is 9.33. The monoisotopic (exact) mass is 541 g/mol. The van der Waals surface area contributed by atoms with Crippen LogP contribution in [0.25, 0.3) is 0 Å². The molecule has 0 aromatic heterocycles. The molecule has 5 rings (SSSR count). The number of nitrogens with zero attached hydrogens (tertiary/aromatic N) is 1. The van der Waals surface area contributed by atoms with E-state index >= 15 is 0 Å². The number of carbonyl (C=O) groups excluding carboxylic acids is 1. The van der Waals surface area contributed by atoms with E-state index in [4.69, 9.17) is 5.11 Å². The molecule has 0 aromatic rings. The topological polar surface area (TPSA) is 77.8 Å². The van der Waals surface area contributed by atoms with Crippen molar-refractivity contribution in [1.82, 2.24) is 4.90 Å². The molecule has 5 heteroatoms. The Morgan fingerprint density at radius 1 is 0.872 bits per heavy atom. The number of hydrogen-bond donors (Lipinski definition) is 2. The number of rotatable bonds is 6. The van der Waals surface area contributed by atoms with Crippen molar-refractivity contribution in [2.75, 3.05) is 13.2 Å². The molecule has 5 nitrogen and oxygen atoms in total. The molecule has 1 aliphatic heterocycles. The first kappa shape index (κ1) is 29.1. The first-order valence-electron chi connectivity index (χ1n) is 16.0. The summed E-state index contributed by atoms with van der Waals surface area (Å²) in [6, 6.07) is 0. The van der Waals surface area contributed by atoms with Crippen LogP contribution >= 0.6 is 0 Å². The lowest BCUT2D eigenvalue weighted by molar-refractivity contribution is -0.243. The van der Waals surface area contributed by atoms with E-state index in [9.17, 15) is 14.7 Å². The van der Waals surface area contributed by atoms with Gasteiger partial charge < -0.3 is 15.1 Å². The van der Waals surface area contributed by atoms with Gasteiger partial charge in [0.2, 0.25) is 5.91 Å². The normalized spacial score (nSPS) is 46.4. The minimum atomic E-state index is -0.824. The van der Waals surface area contributed by atoms with Gasteiger partial charge in [-0.05, 0) is 136 Å². The lowest BCUT2D eigenvalue weighted by Gasteiger charge is -2.73. The SMILES string of the molecule is C=C(C)[C@@H]1CC[C@]2(CO)CC[C@]3(C)[C@H](CC[C@@H]4[C@@]5(C)CCN(C(=O)CCCC(=O)O)C(C)(C)C5CC[C@]43C)[C@@H]12. The number of likely N-dealkylation sites (tertiary alicyclic amines) is 1. The van der Waals surface area contributed by atoms with E-state index in [1.54, 1.807) is 0 Å². The van der Waals surface area contributed by atoms with E-state index in [1.807, 2.05) is 0 Å². The van der Waals surface area contributed by atoms with Crippen LogP contribution in [0.15, 0.2) is 12.2 Å². The number of aliphatic hydroxyl groups excluding tert-OH is 1. The molecule has 1 unspecified atom stereocenters. The molecular formula is C34H55NO4. The van der Waals surface area contributed by atoms with Crippen molar-refractivity contribution in [2.24, 2.45) is 51.2 Å². The van der Waals surface area contributed by atoms with Crippen LogP contribution in [0, 0.1) is 51.2 Å². The Bertz CT molecular complexity index is 1020. The molecular weight excluding hydrogens is 486 g/mol. The highest BCUT2D eigenvalue weighted by Crippen LogP contribution is 2.76. The first-order chi connectivity index (χ1) is 18.2.